The number of hydrogen-bond donors (Lipinski definition) is 2. The molecule has 4 saturated carbocycles. The van der Waals surface area contributed by atoms with Crippen molar-refractivity contribution in [3.8, 4) is 0 Å². The number of aliphatic hydroxyl groups is 2. The second kappa shape index (κ2) is 9.50. The zero-order chi connectivity index (χ0) is 23.1. The van der Waals surface area contributed by atoms with Gasteiger partial charge in [0.15, 0.2) is 0 Å². The van der Waals surface area contributed by atoms with Gasteiger partial charge in [-0.15, -0.1) is 0 Å². The highest BCUT2D eigenvalue weighted by molar-refractivity contribution is 5.10. The van der Waals surface area contributed by atoms with Crippen LogP contribution in [-0.2, 0) is 4.74 Å². The summed E-state index contributed by atoms with van der Waals surface area (Å²) in [5, 5.41) is 21.2. The molecule has 3 heteroatoms. The lowest BCUT2D eigenvalue weighted by atomic mass is 9.43. The van der Waals surface area contributed by atoms with E-state index in [2.05, 4.69) is 27.7 Å². The molecule has 4 aliphatic carbocycles. The van der Waals surface area contributed by atoms with Gasteiger partial charge in [-0.05, 0) is 137 Å². The molecule has 4 rings (SSSR count). The molecular weight excluding hydrogens is 396 g/mol. The van der Waals surface area contributed by atoms with Crippen molar-refractivity contribution in [2.45, 2.75) is 123 Å². The van der Waals surface area contributed by atoms with Gasteiger partial charge >= 0.3 is 0 Å². The van der Waals surface area contributed by atoms with Gasteiger partial charge in [0, 0.05) is 13.7 Å². The van der Waals surface area contributed by atoms with Crippen LogP contribution < -0.4 is 0 Å². The lowest BCUT2D eigenvalue weighted by molar-refractivity contribution is -0.148. The van der Waals surface area contributed by atoms with E-state index in [1.165, 1.54) is 51.4 Å². The Labute approximate surface area is 198 Å². The summed E-state index contributed by atoms with van der Waals surface area (Å²) in [5.74, 6) is 4.97. The maximum absolute atomic E-state index is 10.7. The predicted octanol–water partition coefficient (Wildman–Crippen LogP) is 6.60. The molecule has 0 aromatic rings. The number of fused-ring (bicyclic) bond motifs is 5. The first-order chi connectivity index (χ1) is 15.1. The number of ether oxygens (including phenoxy) is 1. The van der Waals surface area contributed by atoms with Gasteiger partial charge in [-0.1, -0.05) is 20.8 Å². The fraction of sp³-hybridized carbons (Fsp3) is 1.00. The van der Waals surface area contributed by atoms with Crippen molar-refractivity contribution in [1.29, 1.82) is 0 Å². The zero-order valence-corrected chi connectivity index (χ0v) is 21.7. The Morgan fingerprint density at radius 2 is 1.62 bits per heavy atom. The Morgan fingerprint density at radius 1 is 0.875 bits per heavy atom. The molecule has 0 radical (unpaired) electrons. The Morgan fingerprint density at radius 3 is 2.38 bits per heavy atom. The van der Waals surface area contributed by atoms with Gasteiger partial charge in [0.25, 0.3) is 0 Å². The first-order valence-electron chi connectivity index (χ1n) is 14.0. The molecule has 0 amide bonds. The number of rotatable bonds is 8. The van der Waals surface area contributed by atoms with Crippen molar-refractivity contribution in [3.05, 3.63) is 0 Å². The van der Waals surface area contributed by atoms with Crippen LogP contribution in [0.5, 0.6) is 0 Å². The summed E-state index contributed by atoms with van der Waals surface area (Å²) in [7, 11) is 1.74. The number of aliphatic hydroxyl groups excluding tert-OH is 1. The molecule has 0 aromatic heterocycles. The second-order valence-electron chi connectivity index (χ2n) is 13.4. The van der Waals surface area contributed by atoms with E-state index in [0.717, 1.165) is 74.2 Å². The largest absolute Gasteiger partial charge is 0.393 e. The fourth-order valence-corrected chi connectivity index (χ4v) is 9.67. The van der Waals surface area contributed by atoms with Crippen molar-refractivity contribution in [2.75, 3.05) is 13.7 Å². The molecule has 0 spiro atoms. The Bertz CT molecular complexity index is 632. The van der Waals surface area contributed by atoms with Crippen LogP contribution in [0.25, 0.3) is 0 Å². The Hall–Kier alpha value is -0.120. The Balaban J connectivity index is 1.38. The average molecular weight is 449 g/mol. The normalized spacial score (nSPS) is 47.9. The first kappa shape index (κ1) is 25.0. The fourth-order valence-electron chi connectivity index (χ4n) is 9.67. The third kappa shape index (κ3) is 4.57. The molecule has 32 heavy (non-hydrogen) atoms. The van der Waals surface area contributed by atoms with Crippen LogP contribution in [0.15, 0.2) is 0 Å². The smallest absolute Gasteiger partial charge is 0.0622 e. The van der Waals surface area contributed by atoms with Gasteiger partial charge in [-0.25, -0.2) is 0 Å². The molecule has 2 N–H and O–H groups in total. The van der Waals surface area contributed by atoms with Crippen molar-refractivity contribution in [2.24, 2.45) is 46.3 Å². The van der Waals surface area contributed by atoms with Crippen LogP contribution in [0.3, 0.4) is 0 Å². The third-order valence-corrected chi connectivity index (χ3v) is 11.6. The predicted molar refractivity (Wildman–Crippen MR) is 131 cm³/mol. The highest BCUT2D eigenvalue weighted by atomic mass is 16.5. The third-order valence-electron chi connectivity index (χ3n) is 11.6. The van der Waals surface area contributed by atoms with Crippen molar-refractivity contribution in [1.82, 2.24) is 0 Å². The summed E-state index contributed by atoms with van der Waals surface area (Å²) in [6.45, 7) is 10.6. The molecule has 3 nitrogen and oxygen atoms in total. The van der Waals surface area contributed by atoms with Gasteiger partial charge in [0.2, 0.25) is 0 Å². The number of hydrogen-bond acceptors (Lipinski definition) is 3. The van der Waals surface area contributed by atoms with Crippen molar-refractivity contribution >= 4 is 0 Å². The van der Waals surface area contributed by atoms with E-state index in [9.17, 15) is 10.2 Å². The summed E-state index contributed by atoms with van der Waals surface area (Å²) in [6, 6.07) is 0. The monoisotopic (exact) mass is 448 g/mol. The topological polar surface area (TPSA) is 49.7 Å². The first-order valence-corrected chi connectivity index (χ1v) is 14.0. The van der Waals surface area contributed by atoms with E-state index in [1.807, 2.05) is 0 Å². The average Bonchev–Trinajstić information content (AvgIpc) is 3.10. The molecule has 0 saturated heterocycles. The van der Waals surface area contributed by atoms with Gasteiger partial charge in [0.05, 0.1) is 11.7 Å². The quantitative estimate of drug-likeness (QED) is 0.411. The van der Waals surface area contributed by atoms with Crippen molar-refractivity contribution in [3.63, 3.8) is 0 Å². The Kier molecular flexibility index (Phi) is 7.42. The van der Waals surface area contributed by atoms with E-state index < -0.39 is 5.60 Å². The minimum absolute atomic E-state index is 0.160. The van der Waals surface area contributed by atoms with Crippen LogP contribution in [0.4, 0.5) is 0 Å². The lowest BCUT2D eigenvalue weighted by Crippen LogP contribution is -2.55. The summed E-state index contributed by atoms with van der Waals surface area (Å²) >= 11 is 0. The number of methoxy groups -OCH3 is 1. The summed E-state index contributed by atoms with van der Waals surface area (Å²) in [5.41, 5.74) is 0.537. The van der Waals surface area contributed by atoms with Gasteiger partial charge < -0.3 is 14.9 Å². The standard InChI is InChI=1S/C29H52O3/c1-20(8-10-22(30)7-6-18-32-5)24-12-13-25-23-11-9-21-19-27(2,31)16-17-28(21,3)26(23)14-15-29(24,25)4/h20-26,30-31H,6-19H2,1-5H3. The maximum atomic E-state index is 10.7. The maximum Gasteiger partial charge on any atom is 0.0622 e. The van der Waals surface area contributed by atoms with Gasteiger partial charge in [-0.2, -0.15) is 0 Å². The van der Waals surface area contributed by atoms with E-state index in [-0.39, 0.29) is 6.10 Å². The summed E-state index contributed by atoms with van der Waals surface area (Å²) < 4.78 is 5.14. The molecule has 0 heterocycles. The lowest BCUT2D eigenvalue weighted by Gasteiger charge is -2.62. The van der Waals surface area contributed by atoms with E-state index in [1.54, 1.807) is 7.11 Å². The molecule has 186 valence electrons. The van der Waals surface area contributed by atoms with Gasteiger partial charge in [-0.3, -0.25) is 0 Å². The minimum atomic E-state index is -0.428. The molecule has 0 bridgehead atoms. The molecule has 0 aliphatic heterocycles. The summed E-state index contributed by atoms with van der Waals surface area (Å²) in [4.78, 5) is 0. The van der Waals surface area contributed by atoms with E-state index >= 15 is 0 Å². The van der Waals surface area contributed by atoms with Gasteiger partial charge in [0.1, 0.15) is 0 Å². The molecule has 4 aliphatic rings. The molecule has 4 fully saturated rings. The van der Waals surface area contributed by atoms with E-state index in [0.29, 0.717) is 10.8 Å². The van der Waals surface area contributed by atoms with Crippen LogP contribution in [0, 0.1) is 46.3 Å². The molecule has 10 unspecified atom stereocenters. The minimum Gasteiger partial charge on any atom is -0.393 e. The highest BCUT2D eigenvalue weighted by Crippen LogP contribution is 2.68. The SMILES string of the molecule is COCCCC(O)CCC(C)C1CCC2C3CCC4CC(C)(O)CCC4(C)C3CCC12C. The van der Waals surface area contributed by atoms with E-state index in [4.69, 9.17) is 4.74 Å². The highest BCUT2D eigenvalue weighted by Gasteiger charge is 2.61. The molecular formula is C29H52O3. The van der Waals surface area contributed by atoms with Crippen molar-refractivity contribution < 1.29 is 14.9 Å². The van der Waals surface area contributed by atoms with Crippen LogP contribution in [-0.4, -0.2) is 35.6 Å². The summed E-state index contributed by atoms with van der Waals surface area (Å²) in [6.07, 6.45) is 15.5. The molecule has 0 aromatic carbocycles. The van der Waals surface area contributed by atoms with Crippen LogP contribution >= 0.6 is 0 Å². The van der Waals surface area contributed by atoms with Crippen LogP contribution in [0.2, 0.25) is 0 Å². The second-order valence-corrected chi connectivity index (χ2v) is 13.4. The molecule has 10 atom stereocenters. The zero-order valence-electron chi connectivity index (χ0n) is 21.7. The van der Waals surface area contributed by atoms with Crippen LogP contribution in [0.1, 0.15) is 111 Å².